The molecule has 0 atom stereocenters. The van der Waals surface area contributed by atoms with E-state index in [-0.39, 0.29) is 11.7 Å². The number of hydrazone groups is 1. The Bertz CT molecular complexity index is 1210. The van der Waals surface area contributed by atoms with Gasteiger partial charge < -0.3 is 9.73 Å². The summed E-state index contributed by atoms with van der Waals surface area (Å²) in [6, 6.07) is 18.8. The van der Waals surface area contributed by atoms with Gasteiger partial charge in [-0.25, -0.2) is 4.98 Å². The van der Waals surface area contributed by atoms with Crippen LogP contribution in [0.15, 0.2) is 76.4 Å². The maximum absolute atomic E-state index is 12.5. The molecule has 0 saturated heterocycles. The number of benzene rings is 2. The average molecular weight is 465 g/mol. The van der Waals surface area contributed by atoms with Gasteiger partial charge in [0, 0.05) is 10.6 Å². The quantitative estimate of drug-likeness (QED) is 0.231. The Balaban J connectivity index is 1.55. The minimum atomic E-state index is -0.353. The summed E-state index contributed by atoms with van der Waals surface area (Å²) in [7, 11) is 0. The molecule has 0 spiro atoms. The fraction of sp³-hybridized carbons (Fsp3) is 0.125. The van der Waals surface area contributed by atoms with E-state index < -0.39 is 0 Å². The molecule has 2 N–H and O–H groups in total. The van der Waals surface area contributed by atoms with Gasteiger partial charge in [0.05, 0.1) is 12.5 Å². The van der Waals surface area contributed by atoms with Crippen LogP contribution in [-0.4, -0.2) is 17.1 Å². The largest absolute Gasteiger partial charge is 0.459 e. The van der Waals surface area contributed by atoms with Gasteiger partial charge in [-0.3, -0.25) is 10.2 Å². The Kier molecular flexibility index (Phi) is 6.68. The standard InChI is InChI=1S/C24H21ClN4O2S/c1-15(2)17-7-5-16(6-8-17)14-26-29-24-27-21(18-9-11-19(25)12-10-18)23(32-24)28-22(30)20-4-3-13-31-20/h3-15H,1-2H3,(H,27,29)(H,28,30)/b26-14-. The Hall–Kier alpha value is -3.42. The topological polar surface area (TPSA) is 79.5 Å². The highest BCUT2D eigenvalue weighted by Gasteiger charge is 2.17. The molecule has 32 heavy (non-hydrogen) atoms. The van der Waals surface area contributed by atoms with Crippen LogP contribution in [0.25, 0.3) is 11.3 Å². The van der Waals surface area contributed by atoms with E-state index in [2.05, 4.69) is 46.8 Å². The number of aromatic nitrogens is 1. The van der Waals surface area contributed by atoms with Gasteiger partial charge in [0.2, 0.25) is 5.13 Å². The van der Waals surface area contributed by atoms with Gasteiger partial charge in [0.1, 0.15) is 10.7 Å². The predicted molar refractivity (Wildman–Crippen MR) is 131 cm³/mol. The molecule has 162 valence electrons. The number of carbonyl (C=O) groups excluding carboxylic acids is 1. The van der Waals surface area contributed by atoms with Crippen LogP contribution in [0.3, 0.4) is 0 Å². The molecular weight excluding hydrogens is 444 g/mol. The molecule has 0 saturated carbocycles. The summed E-state index contributed by atoms with van der Waals surface area (Å²) in [5, 5.41) is 8.91. The summed E-state index contributed by atoms with van der Waals surface area (Å²) in [4.78, 5) is 17.1. The van der Waals surface area contributed by atoms with Gasteiger partial charge >= 0.3 is 0 Å². The maximum atomic E-state index is 12.5. The summed E-state index contributed by atoms with van der Waals surface area (Å²) in [5.41, 5.74) is 6.65. The average Bonchev–Trinajstić information content (AvgIpc) is 3.45. The molecule has 2 heterocycles. The van der Waals surface area contributed by atoms with Gasteiger partial charge in [-0.1, -0.05) is 73.2 Å². The zero-order valence-corrected chi connectivity index (χ0v) is 19.1. The molecule has 2 aromatic heterocycles. The molecule has 0 bridgehead atoms. The van der Waals surface area contributed by atoms with E-state index in [4.69, 9.17) is 16.0 Å². The van der Waals surface area contributed by atoms with E-state index in [1.165, 1.54) is 23.2 Å². The van der Waals surface area contributed by atoms with Gasteiger partial charge in [-0.2, -0.15) is 5.10 Å². The molecule has 0 unspecified atom stereocenters. The number of hydrogen-bond donors (Lipinski definition) is 2. The first-order valence-electron chi connectivity index (χ1n) is 10.0. The number of amides is 1. The lowest BCUT2D eigenvalue weighted by Crippen LogP contribution is -2.10. The third kappa shape index (κ3) is 5.25. The maximum Gasteiger partial charge on any atom is 0.292 e. The van der Waals surface area contributed by atoms with Crippen molar-refractivity contribution < 1.29 is 9.21 Å². The summed E-state index contributed by atoms with van der Waals surface area (Å²) in [5.74, 6) is 0.350. The van der Waals surface area contributed by atoms with Crippen LogP contribution >= 0.6 is 22.9 Å². The second-order valence-corrected chi connectivity index (χ2v) is 8.76. The molecule has 1 amide bonds. The predicted octanol–water partition coefficient (Wildman–Crippen LogP) is 6.88. The van der Waals surface area contributed by atoms with E-state index in [1.54, 1.807) is 30.5 Å². The summed E-state index contributed by atoms with van der Waals surface area (Å²) < 4.78 is 5.19. The molecular formula is C24H21ClN4O2S. The molecule has 4 aromatic rings. The van der Waals surface area contributed by atoms with Crippen LogP contribution in [0.2, 0.25) is 5.02 Å². The number of halogens is 1. The normalized spacial score (nSPS) is 11.2. The zero-order valence-electron chi connectivity index (χ0n) is 17.5. The van der Waals surface area contributed by atoms with Gasteiger partial charge in [0.15, 0.2) is 5.76 Å². The lowest BCUT2D eigenvalue weighted by molar-refractivity contribution is 0.0997. The number of hydrogen-bond acceptors (Lipinski definition) is 6. The monoisotopic (exact) mass is 464 g/mol. The lowest BCUT2D eigenvalue weighted by Gasteiger charge is -2.04. The Morgan fingerprint density at radius 3 is 2.53 bits per heavy atom. The van der Waals surface area contributed by atoms with Crippen LogP contribution in [0.1, 0.15) is 41.4 Å². The van der Waals surface area contributed by atoms with Crippen LogP contribution in [0, 0.1) is 0 Å². The number of carbonyl (C=O) groups is 1. The number of rotatable bonds is 7. The minimum Gasteiger partial charge on any atom is -0.459 e. The van der Waals surface area contributed by atoms with Gasteiger partial charge in [-0.15, -0.1) is 0 Å². The molecule has 0 radical (unpaired) electrons. The second kappa shape index (κ2) is 9.80. The van der Waals surface area contributed by atoms with Crippen molar-refractivity contribution in [1.82, 2.24) is 4.98 Å². The molecule has 0 fully saturated rings. The van der Waals surface area contributed by atoms with E-state index in [1.807, 2.05) is 24.3 Å². The summed E-state index contributed by atoms with van der Waals surface area (Å²) in [6.07, 6.45) is 3.19. The first-order chi connectivity index (χ1) is 15.5. The van der Waals surface area contributed by atoms with Crippen LogP contribution < -0.4 is 10.7 Å². The lowest BCUT2D eigenvalue weighted by atomic mass is 10.0. The van der Waals surface area contributed by atoms with Gasteiger partial charge in [-0.05, 0) is 41.3 Å². The first-order valence-corrected chi connectivity index (χ1v) is 11.2. The van der Waals surface area contributed by atoms with E-state index in [0.29, 0.717) is 26.8 Å². The molecule has 2 aromatic carbocycles. The summed E-state index contributed by atoms with van der Waals surface area (Å²) >= 11 is 7.30. The Morgan fingerprint density at radius 2 is 1.88 bits per heavy atom. The van der Waals surface area contributed by atoms with Crippen LogP contribution in [0.5, 0.6) is 0 Å². The van der Waals surface area contributed by atoms with Crippen molar-refractivity contribution in [2.45, 2.75) is 19.8 Å². The van der Waals surface area contributed by atoms with Crippen molar-refractivity contribution in [1.29, 1.82) is 0 Å². The fourth-order valence-electron chi connectivity index (χ4n) is 2.96. The van der Waals surface area contributed by atoms with Crippen molar-refractivity contribution in [2.24, 2.45) is 5.10 Å². The Labute approximate surface area is 195 Å². The molecule has 0 aliphatic rings. The van der Waals surface area contributed by atoms with E-state index in [9.17, 15) is 4.79 Å². The number of furan rings is 1. The summed E-state index contributed by atoms with van der Waals surface area (Å²) in [6.45, 7) is 4.32. The minimum absolute atomic E-state index is 0.220. The zero-order chi connectivity index (χ0) is 22.5. The van der Waals surface area contributed by atoms with Crippen LogP contribution in [0.4, 0.5) is 10.1 Å². The second-order valence-electron chi connectivity index (χ2n) is 7.33. The highest BCUT2D eigenvalue weighted by atomic mass is 35.5. The number of anilines is 2. The third-order valence-electron chi connectivity index (χ3n) is 4.69. The third-order valence-corrected chi connectivity index (χ3v) is 5.82. The van der Waals surface area contributed by atoms with E-state index >= 15 is 0 Å². The van der Waals surface area contributed by atoms with Crippen molar-refractivity contribution in [2.75, 3.05) is 10.7 Å². The number of nitrogens with zero attached hydrogens (tertiary/aromatic N) is 2. The van der Waals surface area contributed by atoms with Crippen molar-refractivity contribution in [3.63, 3.8) is 0 Å². The highest BCUT2D eigenvalue weighted by Crippen LogP contribution is 2.36. The number of thiazole rings is 1. The van der Waals surface area contributed by atoms with Crippen molar-refractivity contribution in [3.8, 4) is 11.3 Å². The van der Waals surface area contributed by atoms with E-state index in [0.717, 1.165) is 11.1 Å². The smallest absolute Gasteiger partial charge is 0.292 e. The first kappa shape index (κ1) is 21.8. The molecule has 0 aliphatic heterocycles. The number of nitrogens with one attached hydrogen (secondary N) is 2. The molecule has 8 heteroatoms. The Morgan fingerprint density at radius 1 is 1.12 bits per heavy atom. The molecule has 4 rings (SSSR count). The molecule has 6 nitrogen and oxygen atoms in total. The van der Waals surface area contributed by atoms with Crippen molar-refractivity contribution in [3.05, 3.63) is 88.8 Å². The SMILES string of the molecule is CC(C)c1ccc(/C=N\Nc2nc(-c3ccc(Cl)cc3)c(NC(=O)c3ccco3)s2)cc1. The molecule has 0 aliphatic carbocycles. The highest BCUT2D eigenvalue weighted by molar-refractivity contribution is 7.20. The van der Waals surface area contributed by atoms with Crippen LogP contribution in [-0.2, 0) is 0 Å². The van der Waals surface area contributed by atoms with Gasteiger partial charge in [0.25, 0.3) is 5.91 Å². The fourth-order valence-corrected chi connectivity index (χ4v) is 3.92. The van der Waals surface area contributed by atoms with Crippen molar-refractivity contribution >= 4 is 45.2 Å².